The van der Waals surface area contributed by atoms with Gasteiger partial charge in [0, 0.05) is 32.7 Å². The molecule has 0 N–H and O–H groups in total. The van der Waals surface area contributed by atoms with E-state index < -0.39 is 0 Å². The van der Waals surface area contributed by atoms with Gasteiger partial charge < -0.3 is 14.5 Å². The third kappa shape index (κ3) is 3.41. The molecule has 1 aliphatic heterocycles. The number of halogens is 1. The molecule has 110 valence electrons. The minimum atomic E-state index is -0.0283. The number of carbonyl (C=O) groups is 1. The van der Waals surface area contributed by atoms with Gasteiger partial charge in [-0.3, -0.25) is 4.79 Å². The van der Waals surface area contributed by atoms with Gasteiger partial charge in [0.15, 0.2) is 0 Å². The molecule has 0 radical (unpaired) electrons. The lowest BCUT2D eigenvalue weighted by atomic mass is 10.1. The Morgan fingerprint density at radius 2 is 1.95 bits per heavy atom. The van der Waals surface area contributed by atoms with Crippen molar-refractivity contribution in [3.8, 4) is 0 Å². The van der Waals surface area contributed by atoms with Gasteiger partial charge in [-0.15, -0.1) is 0 Å². The van der Waals surface area contributed by atoms with Crippen molar-refractivity contribution in [3.63, 3.8) is 0 Å². The highest BCUT2D eigenvalue weighted by atomic mass is 35.5. The number of aromatic nitrogens is 1. The third-order valence-corrected chi connectivity index (χ3v) is 3.39. The Hall–Kier alpha value is -1.33. The number of morpholine rings is 1. The third-order valence-electron chi connectivity index (χ3n) is 3.19. The number of rotatable bonds is 2. The summed E-state index contributed by atoms with van der Waals surface area (Å²) >= 11 is 6.00. The minimum Gasteiger partial charge on any atom is -0.372 e. The molecule has 0 saturated carbocycles. The van der Waals surface area contributed by atoms with Crippen molar-refractivity contribution in [1.29, 1.82) is 0 Å². The van der Waals surface area contributed by atoms with E-state index in [0.717, 1.165) is 0 Å². The number of carbonyl (C=O) groups excluding carboxylic acids is 1. The van der Waals surface area contributed by atoms with Crippen LogP contribution in [0.5, 0.6) is 0 Å². The van der Waals surface area contributed by atoms with Gasteiger partial charge in [-0.25, -0.2) is 4.98 Å². The number of ether oxygens (including phenoxy) is 1. The Morgan fingerprint density at radius 3 is 2.50 bits per heavy atom. The van der Waals surface area contributed by atoms with Crippen LogP contribution in [0.25, 0.3) is 0 Å². The van der Waals surface area contributed by atoms with Crippen LogP contribution in [-0.2, 0) is 4.74 Å². The molecule has 1 fully saturated rings. The van der Waals surface area contributed by atoms with E-state index in [2.05, 4.69) is 4.98 Å². The van der Waals surface area contributed by atoms with Gasteiger partial charge in [-0.05, 0) is 26.0 Å². The van der Waals surface area contributed by atoms with Gasteiger partial charge in [0.05, 0.1) is 12.2 Å². The van der Waals surface area contributed by atoms with Crippen LogP contribution < -0.4 is 4.90 Å². The topological polar surface area (TPSA) is 45.7 Å². The molecule has 20 heavy (non-hydrogen) atoms. The Kier molecular flexibility index (Phi) is 4.50. The summed E-state index contributed by atoms with van der Waals surface area (Å²) in [7, 11) is 3.73. The van der Waals surface area contributed by atoms with Crippen molar-refractivity contribution >= 4 is 23.3 Å². The van der Waals surface area contributed by atoms with Gasteiger partial charge in [0.2, 0.25) is 0 Å². The van der Waals surface area contributed by atoms with Gasteiger partial charge in [-0.2, -0.15) is 0 Å². The molecule has 1 aliphatic rings. The molecule has 2 atom stereocenters. The molecule has 2 rings (SSSR count). The summed E-state index contributed by atoms with van der Waals surface area (Å²) in [6.07, 6.45) is 0.0988. The molecule has 2 heterocycles. The molecular formula is C14H20ClN3O2. The number of hydrogen-bond acceptors (Lipinski definition) is 4. The lowest BCUT2D eigenvalue weighted by molar-refractivity contribution is -0.0586. The molecule has 1 amide bonds. The second kappa shape index (κ2) is 5.97. The fourth-order valence-corrected chi connectivity index (χ4v) is 2.57. The van der Waals surface area contributed by atoms with Crippen LogP contribution in [0.1, 0.15) is 24.2 Å². The molecule has 0 bridgehead atoms. The zero-order chi connectivity index (χ0) is 14.9. The monoisotopic (exact) mass is 297 g/mol. The van der Waals surface area contributed by atoms with Crippen LogP contribution in [0.4, 0.5) is 5.82 Å². The average Bonchev–Trinajstić information content (AvgIpc) is 2.35. The minimum absolute atomic E-state index is 0.0283. The highest BCUT2D eigenvalue weighted by molar-refractivity contribution is 6.29. The van der Waals surface area contributed by atoms with Crippen LogP contribution in [0.3, 0.4) is 0 Å². The second-order valence-electron chi connectivity index (χ2n) is 5.40. The SMILES string of the molecule is CC1CN(C(=O)c2cc(Cl)nc(N(C)C)c2)CC(C)O1. The number of hydrogen-bond donors (Lipinski definition) is 0. The predicted octanol–water partition coefficient (Wildman–Crippen LogP) is 2.05. The van der Waals surface area contributed by atoms with Crippen LogP contribution in [0.15, 0.2) is 12.1 Å². The summed E-state index contributed by atoms with van der Waals surface area (Å²) in [5.74, 6) is 0.648. The average molecular weight is 298 g/mol. The number of amides is 1. The maximum atomic E-state index is 12.6. The van der Waals surface area contributed by atoms with Crippen LogP contribution in [0, 0.1) is 0 Å². The van der Waals surface area contributed by atoms with Crippen molar-refractivity contribution in [2.45, 2.75) is 26.1 Å². The van der Waals surface area contributed by atoms with E-state index >= 15 is 0 Å². The van der Waals surface area contributed by atoms with E-state index in [4.69, 9.17) is 16.3 Å². The summed E-state index contributed by atoms with van der Waals surface area (Å²) in [6, 6.07) is 3.38. The maximum absolute atomic E-state index is 12.6. The standard InChI is InChI=1S/C14H20ClN3O2/c1-9-7-18(8-10(2)20-9)14(19)11-5-12(15)16-13(6-11)17(3)4/h5-6,9-10H,7-8H2,1-4H3. The van der Waals surface area contributed by atoms with E-state index in [1.165, 1.54) is 0 Å². The van der Waals surface area contributed by atoms with Crippen molar-refractivity contribution in [3.05, 3.63) is 22.8 Å². The van der Waals surface area contributed by atoms with Crippen LogP contribution in [-0.4, -0.2) is 55.2 Å². The van der Waals surface area contributed by atoms with Crippen molar-refractivity contribution in [2.24, 2.45) is 0 Å². The van der Waals surface area contributed by atoms with E-state index in [1.54, 1.807) is 12.1 Å². The summed E-state index contributed by atoms with van der Waals surface area (Å²) in [5, 5.41) is 0.328. The van der Waals surface area contributed by atoms with Gasteiger partial charge in [0.25, 0.3) is 5.91 Å². The quantitative estimate of drug-likeness (QED) is 0.784. The summed E-state index contributed by atoms with van der Waals surface area (Å²) in [5.41, 5.74) is 0.565. The maximum Gasteiger partial charge on any atom is 0.254 e. The van der Waals surface area contributed by atoms with E-state index in [-0.39, 0.29) is 18.1 Å². The Morgan fingerprint density at radius 1 is 1.35 bits per heavy atom. The molecule has 1 aromatic rings. The van der Waals surface area contributed by atoms with E-state index in [0.29, 0.717) is 29.6 Å². The fourth-order valence-electron chi connectivity index (χ4n) is 2.36. The largest absolute Gasteiger partial charge is 0.372 e. The molecule has 6 heteroatoms. The fraction of sp³-hybridized carbons (Fsp3) is 0.571. The van der Waals surface area contributed by atoms with Crippen molar-refractivity contribution in [2.75, 3.05) is 32.1 Å². The Bertz CT molecular complexity index is 497. The van der Waals surface area contributed by atoms with Gasteiger partial charge in [0.1, 0.15) is 11.0 Å². The molecule has 0 aromatic carbocycles. The van der Waals surface area contributed by atoms with E-state index in [1.807, 2.05) is 37.7 Å². The number of nitrogens with zero attached hydrogens (tertiary/aromatic N) is 3. The molecule has 2 unspecified atom stereocenters. The molecule has 1 aromatic heterocycles. The summed E-state index contributed by atoms with van der Waals surface area (Å²) < 4.78 is 5.65. The first kappa shape index (κ1) is 15.1. The first-order valence-corrected chi connectivity index (χ1v) is 7.04. The van der Waals surface area contributed by atoms with Crippen molar-refractivity contribution < 1.29 is 9.53 Å². The van der Waals surface area contributed by atoms with Gasteiger partial charge >= 0.3 is 0 Å². The number of anilines is 1. The first-order chi connectivity index (χ1) is 9.36. The summed E-state index contributed by atoms with van der Waals surface area (Å²) in [6.45, 7) is 5.14. The molecule has 0 spiro atoms. The highest BCUT2D eigenvalue weighted by Crippen LogP contribution is 2.20. The van der Waals surface area contributed by atoms with E-state index in [9.17, 15) is 4.79 Å². The normalized spacial score (nSPS) is 22.8. The smallest absolute Gasteiger partial charge is 0.254 e. The molecule has 1 saturated heterocycles. The molecular weight excluding hydrogens is 278 g/mol. The Labute approximate surface area is 124 Å². The van der Waals surface area contributed by atoms with Gasteiger partial charge in [-0.1, -0.05) is 11.6 Å². The number of pyridine rings is 1. The van der Waals surface area contributed by atoms with Crippen molar-refractivity contribution in [1.82, 2.24) is 9.88 Å². The molecule has 5 nitrogen and oxygen atoms in total. The highest BCUT2D eigenvalue weighted by Gasteiger charge is 2.27. The predicted molar refractivity (Wildman–Crippen MR) is 79.5 cm³/mol. The molecule has 0 aliphatic carbocycles. The zero-order valence-electron chi connectivity index (χ0n) is 12.3. The second-order valence-corrected chi connectivity index (χ2v) is 5.79. The van der Waals surface area contributed by atoms with Crippen LogP contribution in [0.2, 0.25) is 5.15 Å². The Balaban J connectivity index is 2.24. The zero-order valence-corrected chi connectivity index (χ0v) is 13.0. The lowest BCUT2D eigenvalue weighted by Gasteiger charge is -2.35. The van der Waals surface area contributed by atoms with Crippen LogP contribution >= 0.6 is 11.6 Å². The first-order valence-electron chi connectivity index (χ1n) is 6.66. The summed E-state index contributed by atoms with van der Waals surface area (Å²) in [4.78, 5) is 20.4. The lowest BCUT2D eigenvalue weighted by Crippen LogP contribution is -2.48.